The maximum atomic E-state index is 13.9. The zero-order chi connectivity index (χ0) is 22.8. The molecule has 1 aliphatic heterocycles. The second-order valence-corrected chi connectivity index (χ2v) is 8.48. The van der Waals surface area contributed by atoms with Crippen molar-refractivity contribution in [3.05, 3.63) is 71.4 Å². The molecule has 1 aliphatic rings. The van der Waals surface area contributed by atoms with Crippen LogP contribution in [0, 0.1) is 0 Å². The largest absolute Gasteiger partial charge is 0.497 e. The molecule has 2 aromatic heterocycles. The first-order valence-electron chi connectivity index (χ1n) is 10.6. The molecule has 0 spiro atoms. The summed E-state index contributed by atoms with van der Waals surface area (Å²) in [6, 6.07) is 17.1. The van der Waals surface area contributed by atoms with E-state index in [0.717, 1.165) is 29.5 Å². The van der Waals surface area contributed by atoms with Crippen molar-refractivity contribution in [3.8, 4) is 22.7 Å². The first kappa shape index (κ1) is 21.2. The molecule has 0 saturated carbocycles. The Hall–Kier alpha value is -3.69. The molecule has 1 saturated heterocycles. The van der Waals surface area contributed by atoms with Crippen molar-refractivity contribution in [1.29, 1.82) is 0 Å². The van der Waals surface area contributed by atoms with E-state index in [2.05, 4.69) is 9.88 Å². The average molecular weight is 462 g/mol. The predicted octanol–water partition coefficient (Wildman–Crippen LogP) is 3.65. The Morgan fingerprint density at radius 1 is 1.09 bits per heavy atom. The molecule has 33 heavy (non-hydrogen) atoms. The van der Waals surface area contributed by atoms with Gasteiger partial charge in [-0.1, -0.05) is 41.7 Å². The highest BCUT2D eigenvalue weighted by molar-refractivity contribution is 7.18. The van der Waals surface area contributed by atoms with Gasteiger partial charge in [-0.25, -0.2) is 9.97 Å². The third-order valence-corrected chi connectivity index (χ3v) is 6.62. The van der Waals surface area contributed by atoms with Gasteiger partial charge >= 0.3 is 0 Å². The van der Waals surface area contributed by atoms with Gasteiger partial charge in [-0.3, -0.25) is 9.36 Å². The Balaban J connectivity index is 1.59. The molecular weight excluding hydrogens is 438 g/mol. The van der Waals surface area contributed by atoms with Gasteiger partial charge in [0.15, 0.2) is 5.13 Å². The van der Waals surface area contributed by atoms with Crippen LogP contribution in [0.3, 0.4) is 0 Å². The minimum atomic E-state index is -0.175. The summed E-state index contributed by atoms with van der Waals surface area (Å²) in [4.78, 5) is 25.7. The lowest BCUT2D eigenvalue weighted by Crippen LogP contribution is -2.36. The van der Waals surface area contributed by atoms with Crippen LogP contribution in [0.15, 0.2) is 60.8 Å². The molecule has 9 heteroatoms. The van der Waals surface area contributed by atoms with E-state index in [-0.39, 0.29) is 11.7 Å². The molecule has 0 unspecified atom stereocenters. The van der Waals surface area contributed by atoms with Crippen LogP contribution in [0.25, 0.3) is 16.9 Å². The number of thiazole rings is 1. The number of benzene rings is 2. The van der Waals surface area contributed by atoms with Gasteiger partial charge in [0.05, 0.1) is 32.2 Å². The number of ether oxygens (including phenoxy) is 2. The van der Waals surface area contributed by atoms with Crippen molar-refractivity contribution >= 4 is 28.2 Å². The second kappa shape index (κ2) is 9.05. The fourth-order valence-electron chi connectivity index (χ4n) is 3.79. The normalized spacial score (nSPS) is 13.8. The zero-order valence-electron chi connectivity index (χ0n) is 18.1. The highest BCUT2D eigenvalue weighted by Gasteiger charge is 2.27. The molecule has 3 heterocycles. The van der Waals surface area contributed by atoms with Gasteiger partial charge in [-0.05, 0) is 24.3 Å². The van der Waals surface area contributed by atoms with Crippen LogP contribution >= 0.6 is 11.3 Å². The third-order valence-electron chi connectivity index (χ3n) is 5.50. The van der Waals surface area contributed by atoms with Gasteiger partial charge in [0.25, 0.3) is 0 Å². The number of nitrogens with zero attached hydrogens (tertiary/aromatic N) is 4. The number of hydrogen-bond donors (Lipinski definition) is 1. The van der Waals surface area contributed by atoms with E-state index in [4.69, 9.17) is 20.2 Å². The van der Waals surface area contributed by atoms with Crippen molar-refractivity contribution in [3.63, 3.8) is 0 Å². The van der Waals surface area contributed by atoms with Crippen molar-refractivity contribution in [2.24, 2.45) is 0 Å². The van der Waals surface area contributed by atoms with Crippen LogP contribution in [-0.4, -0.2) is 53.7 Å². The summed E-state index contributed by atoms with van der Waals surface area (Å²) in [5.41, 5.74) is 8.83. The molecular formula is C24H23N5O3S. The number of rotatable bonds is 6. The smallest absolute Gasteiger partial charge is 0.223 e. The number of imidazole rings is 1. The SMILES string of the molecule is COc1ccc(-n2c(C(=O)c3sc(N4CCOCC4)nc3-c3ccccc3)cnc2N)cc1. The van der Waals surface area contributed by atoms with Gasteiger partial charge in [-0.2, -0.15) is 0 Å². The van der Waals surface area contributed by atoms with Crippen LogP contribution in [0.4, 0.5) is 11.1 Å². The van der Waals surface area contributed by atoms with E-state index in [1.807, 2.05) is 54.6 Å². The summed E-state index contributed by atoms with van der Waals surface area (Å²) in [5.74, 6) is 0.780. The Bertz CT molecular complexity index is 1260. The van der Waals surface area contributed by atoms with E-state index in [1.165, 1.54) is 17.5 Å². The van der Waals surface area contributed by atoms with Crippen molar-refractivity contribution < 1.29 is 14.3 Å². The lowest BCUT2D eigenvalue weighted by molar-refractivity contribution is 0.103. The monoisotopic (exact) mass is 461 g/mol. The molecule has 1 fully saturated rings. The summed E-state index contributed by atoms with van der Waals surface area (Å²) in [7, 11) is 1.61. The molecule has 2 aromatic carbocycles. The van der Waals surface area contributed by atoms with Crippen LogP contribution in [-0.2, 0) is 4.74 Å². The predicted molar refractivity (Wildman–Crippen MR) is 129 cm³/mol. The molecule has 168 valence electrons. The number of nitrogens with two attached hydrogens (primary N) is 1. The number of morpholine rings is 1. The molecule has 0 amide bonds. The molecule has 0 aliphatic carbocycles. The van der Waals surface area contributed by atoms with Gasteiger partial charge in [0.2, 0.25) is 11.7 Å². The maximum Gasteiger partial charge on any atom is 0.223 e. The topological polar surface area (TPSA) is 95.5 Å². The fraction of sp³-hybridized carbons (Fsp3) is 0.208. The lowest BCUT2D eigenvalue weighted by Gasteiger charge is -2.26. The minimum absolute atomic E-state index is 0.175. The van der Waals surface area contributed by atoms with Crippen molar-refractivity contribution in [1.82, 2.24) is 14.5 Å². The minimum Gasteiger partial charge on any atom is -0.497 e. The number of hydrogen-bond acceptors (Lipinski definition) is 8. The highest BCUT2D eigenvalue weighted by Crippen LogP contribution is 2.35. The number of nitrogen functional groups attached to an aromatic ring is 1. The fourth-order valence-corrected chi connectivity index (χ4v) is 4.88. The van der Waals surface area contributed by atoms with Gasteiger partial charge in [0, 0.05) is 24.3 Å². The first-order valence-corrected chi connectivity index (χ1v) is 11.4. The number of anilines is 2. The van der Waals surface area contributed by atoms with Crippen molar-refractivity contribution in [2.75, 3.05) is 44.0 Å². The number of carbonyl (C=O) groups excluding carboxylic acids is 1. The quantitative estimate of drug-likeness (QED) is 0.438. The number of carbonyl (C=O) groups is 1. The van der Waals surface area contributed by atoms with E-state index in [0.29, 0.717) is 35.2 Å². The summed E-state index contributed by atoms with van der Waals surface area (Å²) < 4.78 is 12.4. The summed E-state index contributed by atoms with van der Waals surface area (Å²) in [6.45, 7) is 2.77. The molecule has 0 bridgehead atoms. The van der Waals surface area contributed by atoms with Crippen LogP contribution in [0.1, 0.15) is 15.4 Å². The first-order chi connectivity index (χ1) is 16.2. The van der Waals surface area contributed by atoms with Gasteiger partial charge < -0.3 is 20.1 Å². The molecule has 2 N–H and O–H groups in total. The summed E-state index contributed by atoms with van der Waals surface area (Å²) >= 11 is 1.39. The standard InChI is InChI=1S/C24H23N5O3S/c1-31-18-9-7-17(8-10-18)29-19(15-26-23(29)25)21(30)22-20(16-5-3-2-4-6-16)27-24(33-22)28-11-13-32-14-12-28/h2-10,15H,11-14H2,1H3,(H2,25,26). The molecule has 5 rings (SSSR count). The zero-order valence-corrected chi connectivity index (χ0v) is 18.9. The Morgan fingerprint density at radius 2 is 1.82 bits per heavy atom. The van der Waals surface area contributed by atoms with Gasteiger partial charge in [0.1, 0.15) is 16.3 Å². The number of ketones is 1. The second-order valence-electron chi connectivity index (χ2n) is 7.50. The Morgan fingerprint density at radius 3 is 2.52 bits per heavy atom. The van der Waals surface area contributed by atoms with E-state index >= 15 is 0 Å². The lowest BCUT2D eigenvalue weighted by atomic mass is 10.1. The van der Waals surface area contributed by atoms with Crippen LogP contribution in [0.2, 0.25) is 0 Å². The molecule has 8 nitrogen and oxygen atoms in total. The molecule has 0 radical (unpaired) electrons. The average Bonchev–Trinajstić information content (AvgIpc) is 3.49. The van der Waals surface area contributed by atoms with Crippen LogP contribution < -0.4 is 15.4 Å². The van der Waals surface area contributed by atoms with Crippen molar-refractivity contribution in [2.45, 2.75) is 0 Å². The van der Waals surface area contributed by atoms with Crippen LogP contribution in [0.5, 0.6) is 5.75 Å². The Kier molecular flexibility index (Phi) is 5.80. The van der Waals surface area contributed by atoms with E-state index in [1.54, 1.807) is 11.7 Å². The third kappa shape index (κ3) is 4.08. The van der Waals surface area contributed by atoms with Gasteiger partial charge in [-0.15, -0.1) is 0 Å². The van der Waals surface area contributed by atoms with E-state index in [9.17, 15) is 4.79 Å². The Labute approximate surface area is 195 Å². The number of methoxy groups -OCH3 is 1. The highest BCUT2D eigenvalue weighted by atomic mass is 32.1. The molecule has 0 atom stereocenters. The summed E-state index contributed by atoms with van der Waals surface area (Å²) in [5, 5.41) is 0.809. The molecule has 4 aromatic rings. The summed E-state index contributed by atoms with van der Waals surface area (Å²) in [6.07, 6.45) is 1.52. The number of aromatic nitrogens is 3. The van der Waals surface area contributed by atoms with E-state index < -0.39 is 0 Å². The maximum absolute atomic E-state index is 13.9.